The van der Waals surface area contributed by atoms with E-state index in [-0.39, 0.29) is 18.4 Å². The third-order valence-corrected chi connectivity index (χ3v) is 3.03. The predicted octanol–water partition coefficient (Wildman–Crippen LogP) is 1.13. The fraction of sp³-hybridized carbons (Fsp3) is 0.400. The summed E-state index contributed by atoms with van der Waals surface area (Å²) in [5.74, 6) is 0.504. The molecule has 1 amide bonds. The zero-order valence-corrected chi connectivity index (χ0v) is 13.4. The molecule has 0 aliphatic rings. The Morgan fingerprint density at radius 2 is 1.91 bits per heavy atom. The van der Waals surface area contributed by atoms with Crippen LogP contribution in [-0.2, 0) is 16.1 Å². The number of carbonyl (C=O) groups is 2. The van der Waals surface area contributed by atoms with Crippen molar-refractivity contribution in [3.8, 4) is 17.1 Å². The van der Waals surface area contributed by atoms with Gasteiger partial charge in [-0.2, -0.15) is 4.80 Å². The van der Waals surface area contributed by atoms with Crippen molar-refractivity contribution in [3.63, 3.8) is 0 Å². The number of hydrogen-bond acceptors (Lipinski definition) is 6. The van der Waals surface area contributed by atoms with Crippen molar-refractivity contribution >= 4 is 11.9 Å². The normalized spacial score (nSPS) is 10.4. The second-order valence-electron chi connectivity index (χ2n) is 5.18. The van der Waals surface area contributed by atoms with E-state index in [2.05, 4.69) is 15.4 Å². The highest BCUT2D eigenvalue weighted by Crippen LogP contribution is 2.19. The summed E-state index contributed by atoms with van der Waals surface area (Å²) in [6, 6.07) is 6.83. The van der Waals surface area contributed by atoms with E-state index in [9.17, 15) is 9.59 Å². The predicted molar refractivity (Wildman–Crippen MR) is 82.5 cm³/mol. The lowest BCUT2D eigenvalue weighted by atomic mass is 10.2. The van der Waals surface area contributed by atoms with Gasteiger partial charge in [-0.1, -0.05) is 6.92 Å². The number of esters is 1. The van der Waals surface area contributed by atoms with Gasteiger partial charge in [0.25, 0.3) is 0 Å². The largest absolute Gasteiger partial charge is 0.427 e. The van der Waals surface area contributed by atoms with Crippen molar-refractivity contribution < 1.29 is 14.3 Å². The molecule has 122 valence electrons. The van der Waals surface area contributed by atoms with Crippen molar-refractivity contribution in [3.05, 3.63) is 24.3 Å². The first-order valence-electron chi connectivity index (χ1n) is 7.28. The highest BCUT2D eigenvalue weighted by atomic mass is 16.5. The number of rotatable bonds is 6. The first kappa shape index (κ1) is 16.6. The number of hydrogen-bond donors (Lipinski definition) is 0. The van der Waals surface area contributed by atoms with Gasteiger partial charge >= 0.3 is 5.97 Å². The number of amides is 1. The number of likely N-dealkylation sites (N-methyl/N-ethyl adjacent to an activating group) is 1. The van der Waals surface area contributed by atoms with Crippen molar-refractivity contribution in [2.75, 3.05) is 14.1 Å². The Labute approximate surface area is 134 Å². The molecule has 8 nitrogen and oxygen atoms in total. The minimum Gasteiger partial charge on any atom is -0.427 e. The van der Waals surface area contributed by atoms with Crippen LogP contribution in [0.2, 0.25) is 0 Å². The van der Waals surface area contributed by atoms with Gasteiger partial charge in [0, 0.05) is 26.1 Å². The lowest BCUT2D eigenvalue weighted by molar-refractivity contribution is -0.134. The van der Waals surface area contributed by atoms with Crippen molar-refractivity contribution in [2.45, 2.75) is 26.3 Å². The summed E-state index contributed by atoms with van der Waals surface area (Å²) in [6.45, 7) is 1.95. The van der Waals surface area contributed by atoms with Crippen molar-refractivity contribution in [1.29, 1.82) is 0 Å². The molecule has 0 atom stereocenters. The maximum Gasteiger partial charge on any atom is 0.311 e. The highest BCUT2D eigenvalue weighted by Gasteiger charge is 2.11. The van der Waals surface area contributed by atoms with Crippen LogP contribution in [0.4, 0.5) is 0 Å². The van der Waals surface area contributed by atoms with Gasteiger partial charge in [-0.05, 0) is 35.9 Å². The Balaban J connectivity index is 2.04. The first-order valence-corrected chi connectivity index (χ1v) is 7.28. The van der Waals surface area contributed by atoms with Gasteiger partial charge in [-0.3, -0.25) is 9.59 Å². The van der Waals surface area contributed by atoms with E-state index in [1.54, 1.807) is 38.4 Å². The number of carbonyl (C=O) groups excluding carboxylic acids is 2. The molecule has 8 heteroatoms. The molecule has 0 bridgehead atoms. The molecule has 0 unspecified atom stereocenters. The molecule has 0 fully saturated rings. The number of benzene rings is 1. The van der Waals surface area contributed by atoms with Gasteiger partial charge < -0.3 is 9.64 Å². The molecule has 0 aliphatic heterocycles. The van der Waals surface area contributed by atoms with Gasteiger partial charge in [0.1, 0.15) is 12.3 Å². The quantitative estimate of drug-likeness (QED) is 0.586. The fourth-order valence-corrected chi connectivity index (χ4v) is 1.75. The van der Waals surface area contributed by atoms with Crippen LogP contribution in [0.5, 0.6) is 5.75 Å². The molecule has 1 aromatic heterocycles. The van der Waals surface area contributed by atoms with Gasteiger partial charge in [-0.15, -0.1) is 10.2 Å². The molecular formula is C15H19N5O3. The number of ether oxygens (including phenoxy) is 1. The summed E-state index contributed by atoms with van der Waals surface area (Å²) >= 11 is 0. The molecule has 0 saturated carbocycles. The van der Waals surface area contributed by atoms with Crippen LogP contribution >= 0.6 is 0 Å². The first-order chi connectivity index (χ1) is 11.0. The lowest BCUT2D eigenvalue weighted by Crippen LogP contribution is -2.27. The summed E-state index contributed by atoms with van der Waals surface area (Å²) in [4.78, 5) is 25.7. The minimum atomic E-state index is -0.258. The molecule has 2 aromatic rings. The average Bonchev–Trinajstić information content (AvgIpc) is 2.96. The van der Waals surface area contributed by atoms with Crippen molar-refractivity contribution in [1.82, 2.24) is 25.1 Å². The fourth-order valence-electron chi connectivity index (χ4n) is 1.75. The summed E-state index contributed by atoms with van der Waals surface area (Å²) in [5.41, 5.74) is 0.726. The van der Waals surface area contributed by atoms with Crippen LogP contribution < -0.4 is 4.74 Å². The third kappa shape index (κ3) is 4.60. The topological polar surface area (TPSA) is 90.2 Å². The number of aromatic nitrogens is 4. The summed E-state index contributed by atoms with van der Waals surface area (Å²) < 4.78 is 5.18. The second kappa shape index (κ2) is 7.48. The molecule has 0 radical (unpaired) electrons. The van der Waals surface area contributed by atoms with Crippen LogP contribution in [0.15, 0.2) is 24.3 Å². The lowest BCUT2D eigenvalue weighted by Gasteiger charge is -2.08. The van der Waals surface area contributed by atoms with E-state index >= 15 is 0 Å². The Kier molecular flexibility index (Phi) is 5.40. The van der Waals surface area contributed by atoms with Crippen LogP contribution in [-0.4, -0.2) is 51.1 Å². The monoisotopic (exact) mass is 317 g/mol. The standard InChI is InChI=1S/C15H19N5O3/c1-4-5-14(22)23-12-8-6-11(7-9-12)15-16-18-20(17-15)10-13(21)19(2)3/h6-9H,4-5,10H2,1-3H3. The highest BCUT2D eigenvalue weighted by molar-refractivity contribution is 5.75. The Morgan fingerprint density at radius 1 is 1.22 bits per heavy atom. The summed E-state index contributed by atoms with van der Waals surface area (Å²) in [7, 11) is 3.33. The van der Waals surface area contributed by atoms with E-state index < -0.39 is 0 Å². The molecule has 0 spiro atoms. The smallest absolute Gasteiger partial charge is 0.311 e. The Hall–Kier alpha value is -2.77. The van der Waals surface area contributed by atoms with Gasteiger partial charge in [0.2, 0.25) is 11.7 Å². The summed E-state index contributed by atoms with van der Waals surface area (Å²) in [6.07, 6.45) is 1.13. The molecule has 1 heterocycles. The molecule has 23 heavy (non-hydrogen) atoms. The van der Waals surface area contributed by atoms with Crippen LogP contribution in [0, 0.1) is 0 Å². The molecule has 1 aromatic carbocycles. The number of tetrazole rings is 1. The molecule has 0 saturated heterocycles. The zero-order valence-electron chi connectivity index (χ0n) is 13.4. The van der Waals surface area contributed by atoms with E-state index in [0.717, 1.165) is 12.0 Å². The molecular weight excluding hydrogens is 298 g/mol. The average molecular weight is 317 g/mol. The van der Waals surface area contributed by atoms with Gasteiger partial charge in [-0.25, -0.2) is 0 Å². The zero-order chi connectivity index (χ0) is 16.8. The van der Waals surface area contributed by atoms with E-state index in [0.29, 0.717) is 18.0 Å². The van der Waals surface area contributed by atoms with Crippen LogP contribution in [0.3, 0.4) is 0 Å². The maximum atomic E-state index is 11.6. The SMILES string of the molecule is CCCC(=O)Oc1ccc(-c2nnn(CC(=O)N(C)C)n2)cc1. The van der Waals surface area contributed by atoms with Gasteiger partial charge in [0.15, 0.2) is 0 Å². The second-order valence-corrected chi connectivity index (χ2v) is 5.18. The van der Waals surface area contributed by atoms with E-state index in [1.807, 2.05) is 6.92 Å². The maximum absolute atomic E-state index is 11.6. The van der Waals surface area contributed by atoms with Crippen LogP contribution in [0.1, 0.15) is 19.8 Å². The van der Waals surface area contributed by atoms with E-state index in [4.69, 9.17) is 4.74 Å². The summed E-state index contributed by atoms with van der Waals surface area (Å²) in [5, 5.41) is 11.9. The van der Waals surface area contributed by atoms with Crippen molar-refractivity contribution in [2.24, 2.45) is 0 Å². The molecule has 0 N–H and O–H groups in total. The molecule has 0 aliphatic carbocycles. The third-order valence-electron chi connectivity index (χ3n) is 3.03. The molecule has 2 rings (SSSR count). The minimum absolute atomic E-state index is 0.0344. The van der Waals surface area contributed by atoms with Gasteiger partial charge in [0.05, 0.1) is 0 Å². The Bertz CT molecular complexity index is 679. The van der Waals surface area contributed by atoms with E-state index in [1.165, 1.54) is 9.70 Å². The Morgan fingerprint density at radius 3 is 2.52 bits per heavy atom. The number of nitrogens with zero attached hydrogens (tertiary/aromatic N) is 5. The van der Waals surface area contributed by atoms with Crippen LogP contribution in [0.25, 0.3) is 11.4 Å².